The van der Waals surface area contributed by atoms with E-state index < -0.39 is 109 Å². The monoisotopic (exact) mass is 849 g/mol. The van der Waals surface area contributed by atoms with Crippen LogP contribution in [0.5, 0.6) is 0 Å². The Kier molecular flexibility index (Phi) is 8.82. The summed E-state index contributed by atoms with van der Waals surface area (Å²) in [5, 5.41) is 10.4. The Morgan fingerprint density at radius 3 is 0.983 bits per heavy atom. The zero-order valence-electron chi connectivity index (χ0n) is 29.4. The smallest absolute Gasteiger partial charge is 0.308 e. The second-order valence-electron chi connectivity index (χ2n) is 13.6. The molecule has 60 heavy (non-hydrogen) atoms. The van der Waals surface area contributed by atoms with Crippen molar-refractivity contribution in [3.8, 4) is 28.6 Å². The van der Waals surface area contributed by atoms with Gasteiger partial charge in [-0.15, -0.1) is 0 Å². The highest BCUT2D eigenvalue weighted by Crippen LogP contribution is 2.46. The molecule has 6 aromatic carbocycles. The van der Waals surface area contributed by atoms with Crippen molar-refractivity contribution in [3.63, 3.8) is 0 Å². The maximum atomic E-state index is 14.6. The first kappa shape index (κ1) is 40.2. The van der Waals surface area contributed by atoms with Crippen molar-refractivity contribution in [2.75, 3.05) is 0 Å². The van der Waals surface area contributed by atoms with Crippen molar-refractivity contribution in [1.82, 2.24) is 9.13 Å². The Hall–Kier alpha value is -6.64. The van der Waals surface area contributed by atoms with Crippen LogP contribution in [0.15, 0.2) is 109 Å². The number of hydrogen-bond donors (Lipinski definition) is 0. The summed E-state index contributed by atoms with van der Waals surface area (Å²) in [5.41, 5.74) is -11.9. The molecule has 18 heteroatoms. The van der Waals surface area contributed by atoms with Crippen LogP contribution in [-0.4, -0.2) is 9.13 Å². The first-order valence-electron chi connectivity index (χ1n) is 17.1. The van der Waals surface area contributed by atoms with Crippen LogP contribution in [0.1, 0.15) is 33.4 Å². The van der Waals surface area contributed by atoms with E-state index in [-0.39, 0.29) is 21.5 Å². The number of benzene rings is 6. The van der Waals surface area contributed by atoms with Crippen LogP contribution >= 0.6 is 0 Å². The number of hydrogen-bond acceptors (Lipinski definition) is 1. The van der Waals surface area contributed by atoms with Crippen LogP contribution in [0.25, 0.3) is 66.1 Å². The molecule has 0 fully saturated rings. The third-order valence-corrected chi connectivity index (χ3v) is 10.1. The predicted octanol–water partition coefficient (Wildman–Crippen LogP) is 14.5. The van der Waals surface area contributed by atoms with Gasteiger partial charge in [0.1, 0.15) is 11.6 Å². The van der Waals surface area contributed by atoms with Gasteiger partial charge in [-0.2, -0.15) is 71.1 Å². The predicted molar refractivity (Wildman–Crippen MR) is 190 cm³/mol. The van der Waals surface area contributed by atoms with Crippen LogP contribution in [0, 0.1) is 11.3 Å². The van der Waals surface area contributed by atoms with Gasteiger partial charge >= 0.3 is 30.9 Å². The van der Waals surface area contributed by atoms with E-state index >= 15 is 0 Å². The highest BCUT2D eigenvalue weighted by molar-refractivity contribution is 6.11. The second-order valence-corrected chi connectivity index (χ2v) is 13.6. The standard InChI is InChI=1S/C42H18F15N3/c43-38(44,45)21-5-9-26-27-10-6-22(39(46,47)48)16-35(27)59(34(26)15-21)32-13-20(25-3-1-2-4-31(25)42(55,56)57)14-33(30(32)19-58)60-36-17-23(40(49,50)51)7-11-28(36)29-12-8-24(18-37(29)60)41(52,53)54/h1-18H. The molecule has 0 saturated carbocycles. The fourth-order valence-electron chi connectivity index (χ4n) is 7.48. The SMILES string of the molecule is N#Cc1c(-n2c3cc(C(F)(F)F)ccc3c3ccc(C(F)(F)F)cc32)cc(-c2ccccc2C(F)(F)F)cc1-n1c2cc(C(F)(F)F)ccc2c2ccc(C(F)(F)F)cc21. The van der Waals surface area contributed by atoms with Gasteiger partial charge in [0.2, 0.25) is 0 Å². The normalized spacial score (nSPS) is 13.2. The second kappa shape index (κ2) is 13.2. The molecule has 0 radical (unpaired) electrons. The minimum atomic E-state index is -5.11. The van der Waals surface area contributed by atoms with Crippen molar-refractivity contribution in [1.29, 1.82) is 5.26 Å². The molecule has 0 amide bonds. The fourth-order valence-corrected chi connectivity index (χ4v) is 7.48. The lowest BCUT2D eigenvalue weighted by Crippen LogP contribution is -2.10. The van der Waals surface area contributed by atoms with Gasteiger partial charge in [-0.25, -0.2) is 0 Å². The molecular weight excluding hydrogens is 831 g/mol. The summed E-state index contributed by atoms with van der Waals surface area (Å²) in [4.78, 5) is 0. The minimum absolute atomic E-state index is 0.111. The summed E-state index contributed by atoms with van der Waals surface area (Å²) < 4.78 is 216. The van der Waals surface area contributed by atoms with Crippen LogP contribution in [0.4, 0.5) is 65.9 Å². The molecule has 0 aliphatic carbocycles. The lowest BCUT2D eigenvalue weighted by atomic mass is 9.96. The Bertz CT molecular complexity index is 2780. The molecule has 0 unspecified atom stereocenters. The average Bonchev–Trinajstić information content (AvgIpc) is 3.67. The lowest BCUT2D eigenvalue weighted by molar-refractivity contribution is -0.138. The first-order valence-corrected chi connectivity index (χ1v) is 17.1. The van der Waals surface area contributed by atoms with Crippen molar-refractivity contribution in [3.05, 3.63) is 143 Å². The summed E-state index contributed by atoms with van der Waals surface area (Å²) in [5.74, 6) is 0. The fraction of sp³-hybridized carbons (Fsp3) is 0.119. The number of nitriles is 1. The van der Waals surface area contributed by atoms with Gasteiger partial charge in [0.25, 0.3) is 0 Å². The highest BCUT2D eigenvalue weighted by atomic mass is 19.4. The Labute approximate surface area is 325 Å². The van der Waals surface area contributed by atoms with E-state index in [0.29, 0.717) is 54.6 Å². The maximum Gasteiger partial charge on any atom is 0.417 e. The molecular formula is C42H18F15N3. The summed E-state index contributed by atoms with van der Waals surface area (Å²) in [6.45, 7) is 0. The largest absolute Gasteiger partial charge is 0.417 e. The molecule has 3 nitrogen and oxygen atoms in total. The van der Waals surface area contributed by atoms with Crippen LogP contribution in [0.2, 0.25) is 0 Å². The molecule has 0 aliphatic heterocycles. The molecule has 306 valence electrons. The summed E-state index contributed by atoms with van der Waals surface area (Å²) >= 11 is 0. The Balaban J connectivity index is 1.63. The molecule has 0 aliphatic rings. The molecule has 0 N–H and O–H groups in total. The summed E-state index contributed by atoms with van der Waals surface area (Å²) in [7, 11) is 0. The summed E-state index contributed by atoms with van der Waals surface area (Å²) in [6.07, 6.45) is -25.3. The first-order chi connectivity index (χ1) is 27.9. The van der Waals surface area contributed by atoms with E-state index in [4.69, 9.17) is 0 Å². The van der Waals surface area contributed by atoms with E-state index in [1.54, 1.807) is 6.07 Å². The molecule has 0 spiro atoms. The number of fused-ring (bicyclic) bond motifs is 6. The van der Waals surface area contributed by atoms with Gasteiger partial charge in [0, 0.05) is 21.5 Å². The third kappa shape index (κ3) is 6.61. The number of rotatable bonds is 3. The van der Waals surface area contributed by atoms with Gasteiger partial charge < -0.3 is 9.13 Å². The molecule has 8 aromatic rings. The highest BCUT2D eigenvalue weighted by Gasteiger charge is 2.37. The Morgan fingerprint density at radius 1 is 0.383 bits per heavy atom. The van der Waals surface area contributed by atoms with E-state index in [0.717, 1.165) is 63.7 Å². The molecule has 8 rings (SSSR count). The average molecular weight is 850 g/mol. The van der Waals surface area contributed by atoms with Gasteiger partial charge in [0.05, 0.1) is 61.3 Å². The maximum absolute atomic E-state index is 14.6. The van der Waals surface area contributed by atoms with Crippen LogP contribution in [0.3, 0.4) is 0 Å². The van der Waals surface area contributed by atoms with E-state index in [1.807, 2.05) is 0 Å². The number of aromatic nitrogens is 2. The topological polar surface area (TPSA) is 33.6 Å². The number of alkyl halides is 15. The van der Waals surface area contributed by atoms with Gasteiger partial charge in [0.15, 0.2) is 0 Å². The number of halogens is 15. The zero-order chi connectivity index (χ0) is 43.5. The van der Waals surface area contributed by atoms with Crippen molar-refractivity contribution < 1.29 is 65.9 Å². The molecule has 0 saturated heterocycles. The van der Waals surface area contributed by atoms with Crippen molar-refractivity contribution in [2.45, 2.75) is 30.9 Å². The van der Waals surface area contributed by atoms with Crippen molar-refractivity contribution >= 4 is 43.6 Å². The number of nitrogens with zero attached hydrogens (tertiary/aromatic N) is 3. The van der Waals surface area contributed by atoms with E-state index in [2.05, 4.69) is 0 Å². The molecule has 0 bridgehead atoms. The van der Waals surface area contributed by atoms with E-state index in [9.17, 15) is 71.1 Å². The minimum Gasteiger partial charge on any atom is -0.308 e. The Morgan fingerprint density at radius 2 is 0.700 bits per heavy atom. The van der Waals surface area contributed by atoms with Crippen LogP contribution in [-0.2, 0) is 30.9 Å². The quantitative estimate of drug-likeness (QED) is 0.163. The molecule has 2 aromatic heterocycles. The van der Waals surface area contributed by atoms with E-state index in [1.165, 1.54) is 0 Å². The third-order valence-electron chi connectivity index (χ3n) is 10.1. The zero-order valence-corrected chi connectivity index (χ0v) is 29.4. The van der Waals surface area contributed by atoms with Gasteiger partial charge in [-0.3, -0.25) is 0 Å². The lowest BCUT2D eigenvalue weighted by Gasteiger charge is -2.20. The summed E-state index contributed by atoms with van der Waals surface area (Å²) in [6, 6.07) is 15.6. The van der Waals surface area contributed by atoms with Gasteiger partial charge in [-0.1, -0.05) is 42.5 Å². The molecule has 0 atom stereocenters. The van der Waals surface area contributed by atoms with Crippen LogP contribution < -0.4 is 0 Å². The van der Waals surface area contributed by atoms with Crippen molar-refractivity contribution in [2.24, 2.45) is 0 Å². The molecule has 2 heterocycles. The van der Waals surface area contributed by atoms with Gasteiger partial charge in [-0.05, 0) is 77.9 Å².